The Bertz CT molecular complexity index is 2210. The number of benzene rings is 4. The van der Waals surface area contributed by atoms with Crippen molar-refractivity contribution < 1.29 is 28.5 Å². The molecule has 1 saturated heterocycles. The van der Waals surface area contributed by atoms with E-state index < -0.39 is 0 Å². The van der Waals surface area contributed by atoms with Crippen LogP contribution in [0.1, 0.15) is 70.5 Å². The molecule has 276 valence electrons. The van der Waals surface area contributed by atoms with Gasteiger partial charge in [-0.05, 0) is 86.9 Å². The smallest absolute Gasteiger partial charge is 0.256 e. The summed E-state index contributed by atoms with van der Waals surface area (Å²) >= 11 is 0. The molecule has 0 N–H and O–H groups in total. The van der Waals surface area contributed by atoms with Crippen LogP contribution in [0.4, 0.5) is 5.69 Å². The molecule has 1 atom stereocenters. The van der Waals surface area contributed by atoms with E-state index in [-0.39, 0.29) is 17.7 Å². The summed E-state index contributed by atoms with van der Waals surface area (Å²) in [6.07, 6.45) is 10.9. The third kappa shape index (κ3) is 7.86. The minimum Gasteiger partial charge on any atom is -0.493 e. The van der Waals surface area contributed by atoms with Crippen molar-refractivity contribution in [3.8, 4) is 34.1 Å². The molecule has 1 aromatic heterocycles. The molecule has 7 rings (SSSR count). The number of ether oxygens (including phenoxy) is 4. The minimum atomic E-state index is -0.113. The van der Waals surface area contributed by atoms with E-state index in [9.17, 15) is 9.59 Å². The van der Waals surface area contributed by atoms with E-state index in [1.54, 1.807) is 32.4 Å². The Morgan fingerprint density at radius 1 is 0.833 bits per heavy atom. The molecule has 0 aliphatic carbocycles. The molecule has 9 nitrogen and oxygen atoms in total. The molecular formula is C45H45N3O6. The zero-order valence-electron chi connectivity index (χ0n) is 31.0. The number of nitrogens with zero attached hydrogens (tertiary/aromatic N) is 3. The van der Waals surface area contributed by atoms with Gasteiger partial charge in [0, 0.05) is 35.5 Å². The zero-order chi connectivity index (χ0) is 37.4. The number of carbonyl (C=O) groups excluding carboxylic acids is 2. The van der Waals surface area contributed by atoms with E-state index >= 15 is 0 Å². The van der Waals surface area contributed by atoms with Gasteiger partial charge in [-0.25, -0.2) is 0 Å². The molecule has 0 spiro atoms. The maximum absolute atomic E-state index is 13.8. The van der Waals surface area contributed by atoms with Crippen molar-refractivity contribution in [2.75, 3.05) is 34.0 Å². The molecule has 0 radical (unpaired) electrons. The summed E-state index contributed by atoms with van der Waals surface area (Å²) in [5.41, 5.74) is 6.01. The quantitative estimate of drug-likeness (QED) is 0.0603. The lowest BCUT2D eigenvalue weighted by atomic mass is 9.92. The van der Waals surface area contributed by atoms with Crippen LogP contribution in [0.15, 0.2) is 96.0 Å². The number of carbonyl (C=O) groups is 2. The van der Waals surface area contributed by atoms with Crippen molar-refractivity contribution in [2.45, 2.75) is 51.5 Å². The van der Waals surface area contributed by atoms with Crippen LogP contribution in [0.25, 0.3) is 28.1 Å². The Kier molecular flexibility index (Phi) is 11.3. The molecule has 1 fully saturated rings. The molecular weight excluding hydrogens is 679 g/mol. The van der Waals surface area contributed by atoms with Crippen LogP contribution in [0.3, 0.4) is 0 Å². The maximum Gasteiger partial charge on any atom is 0.256 e. The Morgan fingerprint density at radius 3 is 2.33 bits per heavy atom. The van der Waals surface area contributed by atoms with Crippen LogP contribution in [0.5, 0.6) is 23.0 Å². The Hall–Kier alpha value is -5.96. The first-order chi connectivity index (χ1) is 26.4. The number of aromatic nitrogens is 1. The highest BCUT2D eigenvalue weighted by Gasteiger charge is 2.32. The normalized spacial score (nSPS) is 14.9. The second-order valence-corrected chi connectivity index (χ2v) is 13.6. The van der Waals surface area contributed by atoms with Gasteiger partial charge in [0.2, 0.25) is 0 Å². The number of allylic oxidation sites excluding steroid dienone is 1. The van der Waals surface area contributed by atoms with Gasteiger partial charge < -0.3 is 23.8 Å². The first-order valence-corrected chi connectivity index (χ1v) is 18.6. The predicted molar refractivity (Wildman–Crippen MR) is 213 cm³/mol. The van der Waals surface area contributed by atoms with Crippen molar-refractivity contribution in [3.63, 3.8) is 0 Å². The molecule has 4 aromatic carbocycles. The standard InChI is InChI=1S/C45H45N3O6/c1-30-43(44(32-14-7-6-8-15-32)34-17-9-10-18-36(34)47-30)38(49)21-19-31-20-22-39(40(26-31)51-2)53-24-11-4-5-12-25-54-42-28-37-35(27-41(42)52-3)45(50)48-23-13-16-33(48)29-46-37/h6-10,14-15,17-22,26-29,33H,4-5,11-13,16,23-25H2,1-3H3/b21-19+/t33-/m0/s1. The number of rotatable bonds is 15. The summed E-state index contributed by atoms with van der Waals surface area (Å²) in [4.78, 5) is 38.2. The van der Waals surface area contributed by atoms with E-state index in [1.807, 2.05) is 96.9 Å². The molecule has 2 aliphatic rings. The van der Waals surface area contributed by atoms with Crippen LogP contribution in [0, 0.1) is 6.92 Å². The molecule has 0 unspecified atom stereocenters. The molecule has 0 bridgehead atoms. The van der Waals surface area contributed by atoms with Crippen LogP contribution >= 0.6 is 0 Å². The third-order valence-corrected chi connectivity index (χ3v) is 10.0. The molecule has 9 heteroatoms. The van der Waals surface area contributed by atoms with Gasteiger partial charge in [0.15, 0.2) is 28.8 Å². The number of hydrogen-bond acceptors (Lipinski definition) is 8. The number of methoxy groups -OCH3 is 2. The second kappa shape index (κ2) is 16.8. The van der Waals surface area contributed by atoms with Gasteiger partial charge in [-0.15, -0.1) is 0 Å². The van der Waals surface area contributed by atoms with E-state index in [1.165, 1.54) is 0 Å². The highest BCUT2D eigenvalue weighted by atomic mass is 16.5. The van der Waals surface area contributed by atoms with Gasteiger partial charge in [-0.1, -0.05) is 60.7 Å². The fraction of sp³-hybridized carbons (Fsp3) is 0.289. The lowest BCUT2D eigenvalue weighted by molar-refractivity contribution is 0.0774. The fourth-order valence-electron chi connectivity index (χ4n) is 7.25. The van der Waals surface area contributed by atoms with Gasteiger partial charge >= 0.3 is 0 Å². The first kappa shape index (κ1) is 36.4. The maximum atomic E-state index is 13.8. The summed E-state index contributed by atoms with van der Waals surface area (Å²) in [7, 11) is 3.20. The van der Waals surface area contributed by atoms with E-state index in [0.717, 1.165) is 72.7 Å². The molecule has 1 amide bonds. The van der Waals surface area contributed by atoms with Crippen LogP contribution in [-0.2, 0) is 0 Å². The van der Waals surface area contributed by atoms with Crippen LogP contribution in [-0.4, -0.2) is 67.8 Å². The minimum absolute atomic E-state index is 0.00220. The SMILES string of the molecule is COc1cc(/C=C/C(=O)c2c(C)nc3ccccc3c2-c2ccccc2)ccc1OCCCCCCOc1cc2c(cc1OC)C(=O)N1CCC[C@H]1C=N2. The second-order valence-electron chi connectivity index (χ2n) is 13.6. The number of hydrogen-bond donors (Lipinski definition) is 0. The van der Waals surface area contributed by atoms with Crippen molar-refractivity contribution in [1.82, 2.24) is 9.88 Å². The van der Waals surface area contributed by atoms with Crippen molar-refractivity contribution in [3.05, 3.63) is 113 Å². The average molecular weight is 724 g/mol. The number of pyridine rings is 1. The number of aryl methyl sites for hydroxylation is 1. The third-order valence-electron chi connectivity index (χ3n) is 10.0. The van der Waals surface area contributed by atoms with Crippen molar-refractivity contribution in [2.24, 2.45) is 4.99 Å². The predicted octanol–water partition coefficient (Wildman–Crippen LogP) is 9.46. The van der Waals surface area contributed by atoms with Gasteiger partial charge in [0.1, 0.15) is 0 Å². The number of para-hydroxylation sites is 1. The van der Waals surface area contributed by atoms with Crippen LogP contribution < -0.4 is 18.9 Å². The number of ketones is 1. The van der Waals surface area contributed by atoms with Gasteiger partial charge in [-0.2, -0.15) is 0 Å². The lowest BCUT2D eigenvalue weighted by Gasteiger charge is -2.20. The summed E-state index contributed by atoms with van der Waals surface area (Å²) < 4.78 is 23.4. The van der Waals surface area contributed by atoms with Crippen LogP contribution in [0.2, 0.25) is 0 Å². The summed E-state index contributed by atoms with van der Waals surface area (Å²) in [5.74, 6) is 2.28. The number of unbranched alkanes of at least 4 members (excludes halogenated alkanes) is 3. The van der Waals surface area contributed by atoms with Crippen molar-refractivity contribution >= 4 is 40.6 Å². The molecule has 5 aromatic rings. The van der Waals surface area contributed by atoms with Gasteiger partial charge in [0.25, 0.3) is 5.91 Å². The highest BCUT2D eigenvalue weighted by molar-refractivity contribution is 6.16. The van der Waals surface area contributed by atoms with Gasteiger partial charge in [-0.3, -0.25) is 19.6 Å². The number of fused-ring (bicyclic) bond motifs is 3. The summed E-state index contributed by atoms with van der Waals surface area (Å²) in [5, 5.41) is 0.944. The Morgan fingerprint density at radius 2 is 1.56 bits per heavy atom. The number of aliphatic imine (C=N–C) groups is 1. The summed E-state index contributed by atoms with van der Waals surface area (Å²) in [6.45, 7) is 3.71. The lowest BCUT2D eigenvalue weighted by Crippen LogP contribution is -2.35. The Labute approximate surface area is 316 Å². The van der Waals surface area contributed by atoms with Gasteiger partial charge in [0.05, 0.1) is 55.8 Å². The topological polar surface area (TPSA) is 99.6 Å². The molecule has 0 saturated carbocycles. The molecule has 2 aliphatic heterocycles. The van der Waals surface area contributed by atoms with Crippen molar-refractivity contribution in [1.29, 1.82) is 0 Å². The summed E-state index contributed by atoms with van der Waals surface area (Å²) in [6, 6.07) is 27.2. The first-order valence-electron chi connectivity index (χ1n) is 18.6. The zero-order valence-corrected chi connectivity index (χ0v) is 31.0. The van der Waals surface area contributed by atoms with E-state index in [4.69, 9.17) is 23.9 Å². The highest BCUT2D eigenvalue weighted by Crippen LogP contribution is 2.38. The fourth-order valence-corrected chi connectivity index (χ4v) is 7.25. The Balaban J connectivity index is 0.908. The molecule has 3 heterocycles. The monoisotopic (exact) mass is 723 g/mol. The largest absolute Gasteiger partial charge is 0.493 e. The average Bonchev–Trinajstić information content (AvgIpc) is 3.64. The van der Waals surface area contributed by atoms with E-state index in [0.29, 0.717) is 58.7 Å². The molecule has 54 heavy (non-hydrogen) atoms. The van der Waals surface area contributed by atoms with E-state index in [2.05, 4.69) is 4.99 Å². The number of amides is 1.